The molecule has 7 heteroatoms. The van der Waals surface area contributed by atoms with Crippen LogP contribution in [0.25, 0.3) is 0 Å². The van der Waals surface area contributed by atoms with Crippen LogP contribution in [0.2, 0.25) is 5.15 Å². The van der Waals surface area contributed by atoms with Crippen molar-refractivity contribution in [3.8, 4) is 0 Å². The van der Waals surface area contributed by atoms with E-state index in [0.29, 0.717) is 16.6 Å². The second-order valence-electron chi connectivity index (χ2n) is 2.99. The number of aliphatic hydroxyl groups is 1. The molecule has 0 saturated heterocycles. The largest absolute Gasteiger partial charge is 0.465 e. The minimum atomic E-state index is -0.481. The van der Waals surface area contributed by atoms with Crippen LogP contribution < -0.4 is 5.32 Å². The third-order valence-electron chi connectivity index (χ3n) is 1.82. The van der Waals surface area contributed by atoms with E-state index in [0.717, 1.165) is 24.2 Å². The van der Waals surface area contributed by atoms with Crippen molar-refractivity contribution in [3.63, 3.8) is 0 Å². The molecule has 5 nitrogen and oxygen atoms in total. The van der Waals surface area contributed by atoms with Crippen molar-refractivity contribution >= 4 is 34.0 Å². The average Bonchev–Trinajstić information content (AvgIpc) is 2.65. The summed E-state index contributed by atoms with van der Waals surface area (Å²) in [5, 5.41) is 12.4. The first-order valence-corrected chi connectivity index (χ1v) is 5.98. The molecule has 1 heterocycles. The van der Waals surface area contributed by atoms with Crippen LogP contribution in [0.3, 0.4) is 0 Å². The summed E-state index contributed by atoms with van der Waals surface area (Å²) in [6.07, 6.45) is 1.57. The van der Waals surface area contributed by atoms with Gasteiger partial charge in [-0.3, -0.25) is 0 Å². The smallest absolute Gasteiger partial charge is 0.351 e. The number of hydrogen-bond donors (Lipinski definition) is 2. The van der Waals surface area contributed by atoms with Crippen LogP contribution in [-0.2, 0) is 4.74 Å². The number of hydrogen-bond acceptors (Lipinski definition) is 6. The number of rotatable bonds is 6. The van der Waals surface area contributed by atoms with Gasteiger partial charge in [0, 0.05) is 13.2 Å². The van der Waals surface area contributed by atoms with Gasteiger partial charge in [0.25, 0.3) is 0 Å². The zero-order valence-electron chi connectivity index (χ0n) is 8.83. The summed E-state index contributed by atoms with van der Waals surface area (Å²) in [4.78, 5) is 15.5. The summed E-state index contributed by atoms with van der Waals surface area (Å²) >= 11 is 6.94. The zero-order chi connectivity index (χ0) is 12.0. The van der Waals surface area contributed by atoms with Crippen LogP contribution in [-0.4, -0.2) is 36.3 Å². The second kappa shape index (κ2) is 6.67. The van der Waals surface area contributed by atoms with Gasteiger partial charge in [-0.05, 0) is 12.8 Å². The quantitative estimate of drug-likeness (QED) is 0.605. The first kappa shape index (κ1) is 13.2. The highest BCUT2D eigenvalue weighted by molar-refractivity contribution is 7.18. The van der Waals surface area contributed by atoms with Gasteiger partial charge < -0.3 is 15.2 Å². The molecule has 0 amide bonds. The van der Waals surface area contributed by atoms with E-state index in [2.05, 4.69) is 15.0 Å². The summed E-state index contributed by atoms with van der Waals surface area (Å²) < 4.78 is 4.56. The number of aliphatic hydroxyl groups excluding tert-OH is 1. The van der Waals surface area contributed by atoms with E-state index in [1.165, 1.54) is 7.11 Å². The Hall–Kier alpha value is -0.850. The molecule has 0 atom stereocenters. The van der Waals surface area contributed by atoms with Gasteiger partial charge in [0.15, 0.2) is 15.2 Å². The number of carbonyl (C=O) groups is 1. The molecule has 90 valence electrons. The van der Waals surface area contributed by atoms with Crippen molar-refractivity contribution in [2.45, 2.75) is 12.8 Å². The van der Waals surface area contributed by atoms with Gasteiger partial charge in [0.05, 0.1) is 7.11 Å². The molecule has 0 aliphatic carbocycles. The number of aromatic nitrogens is 1. The van der Waals surface area contributed by atoms with Crippen LogP contribution in [0.15, 0.2) is 0 Å². The van der Waals surface area contributed by atoms with Gasteiger partial charge in [0.1, 0.15) is 0 Å². The minimum absolute atomic E-state index is 0.154. The third kappa shape index (κ3) is 3.62. The maximum Gasteiger partial charge on any atom is 0.351 e. The number of thiazole rings is 1. The fraction of sp³-hybridized carbons (Fsp3) is 0.556. The summed E-state index contributed by atoms with van der Waals surface area (Å²) in [7, 11) is 1.30. The fourth-order valence-electron chi connectivity index (χ4n) is 1.03. The lowest BCUT2D eigenvalue weighted by atomic mass is 10.3. The van der Waals surface area contributed by atoms with E-state index in [9.17, 15) is 4.79 Å². The maximum absolute atomic E-state index is 11.2. The summed E-state index contributed by atoms with van der Waals surface area (Å²) in [5.41, 5.74) is 0. The normalized spacial score (nSPS) is 10.2. The molecule has 0 radical (unpaired) electrons. The van der Waals surface area contributed by atoms with Crippen LogP contribution in [0.1, 0.15) is 22.5 Å². The van der Waals surface area contributed by atoms with Gasteiger partial charge in [-0.1, -0.05) is 22.9 Å². The lowest BCUT2D eigenvalue weighted by molar-refractivity contribution is 0.0606. The standard InChI is InChI=1S/C9H13ClN2O3S/c1-15-8(14)6-7(10)12-9(16-6)11-4-2-3-5-13/h13H,2-5H2,1H3,(H,11,12). The Kier molecular flexibility index (Phi) is 5.51. The third-order valence-corrected chi connectivity index (χ3v) is 3.20. The minimum Gasteiger partial charge on any atom is -0.465 e. The van der Waals surface area contributed by atoms with Gasteiger partial charge >= 0.3 is 5.97 Å². The predicted octanol–water partition coefficient (Wildman–Crippen LogP) is 1.77. The van der Waals surface area contributed by atoms with E-state index in [4.69, 9.17) is 16.7 Å². The first-order valence-electron chi connectivity index (χ1n) is 4.78. The highest BCUT2D eigenvalue weighted by Gasteiger charge is 2.16. The van der Waals surface area contributed by atoms with Crippen molar-refractivity contribution in [1.29, 1.82) is 0 Å². The molecule has 0 spiro atoms. The average molecular weight is 265 g/mol. The molecule has 1 aromatic rings. The number of methoxy groups -OCH3 is 1. The van der Waals surface area contributed by atoms with Crippen molar-refractivity contribution < 1.29 is 14.6 Å². The Balaban J connectivity index is 2.52. The number of nitrogens with one attached hydrogen (secondary N) is 1. The lowest BCUT2D eigenvalue weighted by Gasteiger charge is -1.99. The van der Waals surface area contributed by atoms with E-state index < -0.39 is 5.97 Å². The molecule has 0 aliphatic rings. The van der Waals surface area contributed by atoms with E-state index >= 15 is 0 Å². The SMILES string of the molecule is COC(=O)c1sc(NCCCCO)nc1Cl. The summed E-state index contributed by atoms with van der Waals surface area (Å²) in [5.74, 6) is -0.481. The van der Waals surface area contributed by atoms with E-state index in [-0.39, 0.29) is 11.8 Å². The molecule has 0 unspecified atom stereocenters. The molecule has 16 heavy (non-hydrogen) atoms. The first-order chi connectivity index (χ1) is 7.69. The van der Waals surface area contributed by atoms with Crippen LogP contribution in [0.5, 0.6) is 0 Å². The van der Waals surface area contributed by atoms with Crippen LogP contribution in [0, 0.1) is 0 Å². The molecule has 1 aromatic heterocycles. The van der Waals surface area contributed by atoms with Crippen LogP contribution in [0.4, 0.5) is 5.13 Å². The number of nitrogens with zero attached hydrogens (tertiary/aromatic N) is 1. The van der Waals surface area contributed by atoms with Gasteiger partial charge in [-0.25, -0.2) is 9.78 Å². The number of ether oxygens (including phenoxy) is 1. The van der Waals surface area contributed by atoms with Crippen LogP contribution >= 0.6 is 22.9 Å². The number of halogens is 1. The van der Waals surface area contributed by atoms with Crippen molar-refractivity contribution in [2.75, 3.05) is 25.6 Å². The van der Waals surface area contributed by atoms with E-state index in [1.807, 2.05) is 0 Å². The monoisotopic (exact) mass is 264 g/mol. The Morgan fingerprint density at radius 1 is 1.62 bits per heavy atom. The van der Waals surface area contributed by atoms with Crippen molar-refractivity contribution in [3.05, 3.63) is 10.0 Å². The topological polar surface area (TPSA) is 71.5 Å². The summed E-state index contributed by atoms with van der Waals surface area (Å²) in [6.45, 7) is 0.860. The number of anilines is 1. The Bertz CT molecular complexity index is 357. The van der Waals surface area contributed by atoms with Gasteiger partial charge in [-0.2, -0.15) is 0 Å². The lowest BCUT2D eigenvalue weighted by Crippen LogP contribution is -2.01. The molecular formula is C9H13ClN2O3S. The molecule has 0 aromatic carbocycles. The Morgan fingerprint density at radius 2 is 2.38 bits per heavy atom. The molecule has 0 fully saturated rings. The molecule has 0 bridgehead atoms. The molecule has 0 aliphatic heterocycles. The number of unbranched alkanes of at least 4 members (excludes halogenated alkanes) is 1. The molecule has 1 rings (SSSR count). The molecule has 2 N–H and O–H groups in total. The number of esters is 1. The molecule has 0 saturated carbocycles. The maximum atomic E-state index is 11.2. The molecular weight excluding hydrogens is 252 g/mol. The predicted molar refractivity (Wildman–Crippen MR) is 63.3 cm³/mol. The van der Waals surface area contributed by atoms with Crippen molar-refractivity contribution in [2.24, 2.45) is 0 Å². The highest BCUT2D eigenvalue weighted by atomic mass is 35.5. The second-order valence-corrected chi connectivity index (χ2v) is 4.35. The zero-order valence-corrected chi connectivity index (χ0v) is 10.4. The van der Waals surface area contributed by atoms with Gasteiger partial charge in [-0.15, -0.1) is 0 Å². The fourth-order valence-corrected chi connectivity index (χ4v) is 2.16. The van der Waals surface area contributed by atoms with Gasteiger partial charge in [0.2, 0.25) is 0 Å². The van der Waals surface area contributed by atoms with E-state index in [1.54, 1.807) is 0 Å². The van der Waals surface area contributed by atoms with Crippen molar-refractivity contribution in [1.82, 2.24) is 4.98 Å². The highest BCUT2D eigenvalue weighted by Crippen LogP contribution is 2.27. The summed E-state index contributed by atoms with van der Waals surface area (Å²) in [6, 6.07) is 0. The number of carbonyl (C=O) groups excluding carboxylic acids is 1. The Labute approximate surface area is 102 Å². The Morgan fingerprint density at radius 3 is 3.00 bits per heavy atom.